The van der Waals surface area contributed by atoms with Crippen LogP contribution < -0.4 is 0 Å². The van der Waals surface area contributed by atoms with Crippen LogP contribution in [0.3, 0.4) is 0 Å². The minimum Gasteiger partial charge on any atom is -0.122 e. The normalized spacial score (nSPS) is 11.6. The molecule has 0 aliphatic carbocycles. The predicted octanol–water partition coefficient (Wildman–Crippen LogP) is 5.70. The molecule has 0 spiro atoms. The number of alkyl halides is 1. The van der Waals surface area contributed by atoms with Crippen molar-refractivity contribution < 1.29 is 0 Å². The van der Waals surface area contributed by atoms with Gasteiger partial charge in [0.25, 0.3) is 0 Å². The Morgan fingerprint density at radius 1 is 0.947 bits per heavy atom. The Labute approximate surface area is 121 Å². The number of hydrogen-bond donors (Lipinski definition) is 0. The summed E-state index contributed by atoms with van der Waals surface area (Å²) in [5.41, 5.74) is 6.56. The van der Waals surface area contributed by atoms with Gasteiger partial charge < -0.3 is 0 Å². The Hall–Kier alpha value is -1.27. The number of hydrogen-bond acceptors (Lipinski definition) is 0. The molecule has 2 aromatic rings. The van der Waals surface area contributed by atoms with E-state index in [1.54, 1.807) is 0 Å². The molecule has 0 fully saturated rings. The van der Waals surface area contributed by atoms with Gasteiger partial charge >= 0.3 is 0 Å². The van der Waals surface area contributed by atoms with Crippen molar-refractivity contribution in [1.82, 2.24) is 0 Å². The highest BCUT2D eigenvalue weighted by Crippen LogP contribution is 2.28. The Kier molecular flexibility index (Phi) is 4.01. The van der Waals surface area contributed by atoms with Crippen LogP contribution in [0, 0.1) is 6.92 Å². The van der Waals surface area contributed by atoms with Gasteiger partial charge in [-0.05, 0) is 46.2 Å². The lowest BCUT2D eigenvalue weighted by Crippen LogP contribution is -2.10. The molecule has 0 saturated carbocycles. The molecule has 19 heavy (non-hydrogen) atoms. The fraction of sp³-hybridized carbons (Fsp3) is 0.333. The zero-order valence-corrected chi connectivity index (χ0v) is 12.9. The van der Waals surface area contributed by atoms with Crippen LogP contribution in [0.25, 0.3) is 11.1 Å². The molecule has 0 aliphatic heterocycles. The minimum atomic E-state index is 0.200. The Bertz CT molecular complexity index is 559. The van der Waals surface area contributed by atoms with E-state index < -0.39 is 0 Å². The Morgan fingerprint density at radius 2 is 1.58 bits per heavy atom. The first-order valence-corrected chi connectivity index (χ1v) is 7.21. The van der Waals surface area contributed by atoms with Crippen LogP contribution in [0.2, 0.25) is 0 Å². The smallest absolute Gasteiger partial charge is 0.0474 e. The average molecular weight is 273 g/mol. The van der Waals surface area contributed by atoms with Crippen molar-refractivity contribution in [2.75, 3.05) is 0 Å². The molecule has 0 saturated heterocycles. The van der Waals surface area contributed by atoms with Gasteiger partial charge in [0, 0.05) is 5.88 Å². The molecule has 0 aromatic heterocycles. The fourth-order valence-corrected chi connectivity index (χ4v) is 2.38. The molecule has 0 unspecified atom stereocenters. The molecule has 0 aliphatic rings. The third kappa shape index (κ3) is 3.19. The molecule has 0 amide bonds. The first kappa shape index (κ1) is 14.1. The van der Waals surface area contributed by atoms with Crippen molar-refractivity contribution in [3.63, 3.8) is 0 Å². The molecule has 0 N–H and O–H groups in total. The highest BCUT2D eigenvalue weighted by molar-refractivity contribution is 6.17. The molecule has 0 nitrogen and oxygen atoms in total. The summed E-state index contributed by atoms with van der Waals surface area (Å²) in [6.07, 6.45) is 0. The van der Waals surface area contributed by atoms with Crippen LogP contribution in [-0.4, -0.2) is 0 Å². The lowest BCUT2D eigenvalue weighted by molar-refractivity contribution is 0.590. The third-order valence-corrected chi connectivity index (χ3v) is 3.83. The zero-order valence-electron chi connectivity index (χ0n) is 12.1. The van der Waals surface area contributed by atoms with Gasteiger partial charge in [0.15, 0.2) is 0 Å². The largest absolute Gasteiger partial charge is 0.122 e. The van der Waals surface area contributed by atoms with Gasteiger partial charge in [0.05, 0.1) is 0 Å². The summed E-state index contributed by atoms with van der Waals surface area (Å²) in [5.74, 6) is 0.563. The van der Waals surface area contributed by atoms with Crippen molar-refractivity contribution in [1.29, 1.82) is 0 Å². The van der Waals surface area contributed by atoms with E-state index in [1.165, 1.54) is 27.8 Å². The van der Waals surface area contributed by atoms with Gasteiger partial charge in [0.2, 0.25) is 0 Å². The van der Waals surface area contributed by atoms with Crippen molar-refractivity contribution in [2.45, 2.75) is 39.0 Å². The maximum absolute atomic E-state index is 5.92. The summed E-state index contributed by atoms with van der Waals surface area (Å²) < 4.78 is 0. The van der Waals surface area contributed by atoms with Crippen LogP contribution in [-0.2, 0) is 11.3 Å². The van der Waals surface area contributed by atoms with E-state index in [4.69, 9.17) is 11.6 Å². The number of aryl methyl sites for hydroxylation is 1. The van der Waals surface area contributed by atoms with E-state index >= 15 is 0 Å². The summed E-state index contributed by atoms with van der Waals surface area (Å²) in [5, 5.41) is 0. The van der Waals surface area contributed by atoms with Gasteiger partial charge in [-0.25, -0.2) is 0 Å². The number of rotatable bonds is 2. The molecule has 100 valence electrons. The van der Waals surface area contributed by atoms with Crippen molar-refractivity contribution >= 4 is 11.6 Å². The number of halogens is 1. The summed E-state index contributed by atoms with van der Waals surface area (Å²) >= 11 is 5.92. The lowest BCUT2D eigenvalue weighted by atomic mass is 9.86. The first-order valence-electron chi connectivity index (χ1n) is 6.68. The van der Waals surface area contributed by atoms with Crippen LogP contribution >= 0.6 is 11.6 Å². The topological polar surface area (TPSA) is 0 Å². The molecule has 0 bridgehead atoms. The summed E-state index contributed by atoms with van der Waals surface area (Å²) in [7, 11) is 0. The standard InChI is InChI=1S/C18H21Cl/c1-13-5-6-14(12-19)11-17(13)15-7-9-16(10-8-15)18(2,3)4/h5-11H,12H2,1-4H3. The zero-order chi connectivity index (χ0) is 14.0. The number of benzene rings is 2. The van der Waals surface area contributed by atoms with E-state index in [-0.39, 0.29) is 5.41 Å². The second kappa shape index (κ2) is 5.38. The van der Waals surface area contributed by atoms with Crippen molar-refractivity contribution in [2.24, 2.45) is 0 Å². The van der Waals surface area contributed by atoms with Crippen LogP contribution in [0.1, 0.15) is 37.5 Å². The average Bonchev–Trinajstić information content (AvgIpc) is 2.38. The van der Waals surface area contributed by atoms with E-state index in [0.717, 1.165) is 0 Å². The quantitative estimate of drug-likeness (QED) is 0.615. The van der Waals surface area contributed by atoms with E-state index in [2.05, 4.69) is 70.2 Å². The Balaban J connectivity index is 2.42. The lowest BCUT2D eigenvalue weighted by Gasteiger charge is -2.19. The Morgan fingerprint density at radius 3 is 2.11 bits per heavy atom. The van der Waals surface area contributed by atoms with Gasteiger partial charge in [0.1, 0.15) is 0 Å². The molecular formula is C18H21Cl. The van der Waals surface area contributed by atoms with Crippen molar-refractivity contribution in [3.8, 4) is 11.1 Å². The second-order valence-electron chi connectivity index (χ2n) is 6.11. The van der Waals surface area contributed by atoms with E-state index in [0.29, 0.717) is 5.88 Å². The highest BCUT2D eigenvalue weighted by Gasteiger charge is 2.13. The second-order valence-corrected chi connectivity index (χ2v) is 6.38. The van der Waals surface area contributed by atoms with Gasteiger partial charge in [-0.15, -0.1) is 11.6 Å². The maximum atomic E-state index is 5.92. The molecule has 1 heteroatoms. The van der Waals surface area contributed by atoms with Gasteiger partial charge in [-0.2, -0.15) is 0 Å². The van der Waals surface area contributed by atoms with E-state index in [9.17, 15) is 0 Å². The van der Waals surface area contributed by atoms with Crippen LogP contribution in [0.15, 0.2) is 42.5 Å². The molecule has 0 radical (unpaired) electrons. The first-order chi connectivity index (χ1) is 8.91. The highest BCUT2D eigenvalue weighted by atomic mass is 35.5. The summed E-state index contributed by atoms with van der Waals surface area (Å²) in [6.45, 7) is 8.86. The van der Waals surface area contributed by atoms with Gasteiger partial charge in [-0.1, -0.05) is 57.2 Å². The SMILES string of the molecule is Cc1ccc(CCl)cc1-c1ccc(C(C)(C)C)cc1. The molecular weight excluding hydrogens is 252 g/mol. The molecule has 2 aromatic carbocycles. The van der Waals surface area contributed by atoms with Crippen molar-refractivity contribution in [3.05, 3.63) is 59.2 Å². The summed E-state index contributed by atoms with van der Waals surface area (Å²) in [6, 6.07) is 15.3. The minimum absolute atomic E-state index is 0.200. The third-order valence-electron chi connectivity index (χ3n) is 3.52. The molecule has 2 rings (SSSR count). The molecule has 0 heterocycles. The van der Waals surface area contributed by atoms with Crippen LogP contribution in [0.4, 0.5) is 0 Å². The molecule has 0 atom stereocenters. The van der Waals surface area contributed by atoms with E-state index in [1.807, 2.05) is 0 Å². The predicted molar refractivity (Wildman–Crippen MR) is 84.9 cm³/mol. The summed E-state index contributed by atoms with van der Waals surface area (Å²) in [4.78, 5) is 0. The van der Waals surface area contributed by atoms with Crippen LogP contribution in [0.5, 0.6) is 0 Å². The monoisotopic (exact) mass is 272 g/mol. The fourth-order valence-electron chi connectivity index (χ4n) is 2.21. The maximum Gasteiger partial charge on any atom is 0.0474 e. The van der Waals surface area contributed by atoms with Gasteiger partial charge in [-0.3, -0.25) is 0 Å².